The van der Waals surface area contributed by atoms with Crippen LogP contribution in [0.15, 0.2) is 0 Å². The monoisotopic (exact) mass is 329 g/mol. The molecule has 0 spiro atoms. The Hall–Kier alpha value is -1.48. The van der Waals surface area contributed by atoms with Crippen molar-refractivity contribution in [1.82, 2.24) is 24.0 Å². The van der Waals surface area contributed by atoms with Gasteiger partial charge in [0.1, 0.15) is 11.6 Å². The van der Waals surface area contributed by atoms with Gasteiger partial charge < -0.3 is 4.90 Å². The summed E-state index contributed by atoms with van der Waals surface area (Å²) in [6.07, 6.45) is 2.91. The molecular formula is C13H23N5O3S. The lowest BCUT2D eigenvalue weighted by atomic mass is 10.1. The number of carbonyl (C=O) groups excluding carboxylic acids is 1. The number of piperidine rings is 1. The van der Waals surface area contributed by atoms with Crippen molar-refractivity contribution < 1.29 is 13.2 Å². The molecule has 124 valence electrons. The maximum atomic E-state index is 12.3. The maximum absolute atomic E-state index is 12.3. The number of amides is 1. The largest absolute Gasteiger partial charge is 0.339 e. The summed E-state index contributed by atoms with van der Waals surface area (Å²) in [5.74, 6) is 1.38. The second-order valence-corrected chi connectivity index (χ2v) is 7.90. The van der Waals surface area contributed by atoms with Gasteiger partial charge in [-0.25, -0.2) is 18.1 Å². The highest BCUT2D eigenvalue weighted by Gasteiger charge is 2.28. The van der Waals surface area contributed by atoms with Gasteiger partial charge in [-0.15, -0.1) is 0 Å². The number of rotatable bonds is 4. The summed E-state index contributed by atoms with van der Waals surface area (Å²) in [4.78, 5) is 18.3. The van der Waals surface area contributed by atoms with Crippen LogP contribution in [0.4, 0.5) is 0 Å². The Bertz CT molecular complexity index is 655. The van der Waals surface area contributed by atoms with Crippen molar-refractivity contribution in [3.05, 3.63) is 11.6 Å². The molecule has 2 heterocycles. The predicted molar refractivity (Wildman–Crippen MR) is 81.8 cm³/mol. The smallest absolute Gasteiger partial charge is 0.237 e. The Morgan fingerprint density at radius 2 is 2.09 bits per heavy atom. The number of likely N-dealkylation sites (N-methyl/N-ethyl adjacent to an activating group) is 1. The average Bonchev–Trinajstić information content (AvgIpc) is 2.76. The molecule has 1 aliphatic rings. The molecule has 0 aromatic carbocycles. The Labute approximate surface area is 131 Å². The topological polar surface area (TPSA) is 88.4 Å². The molecule has 0 radical (unpaired) electrons. The summed E-state index contributed by atoms with van der Waals surface area (Å²) >= 11 is 0. The van der Waals surface area contributed by atoms with Crippen molar-refractivity contribution >= 4 is 15.9 Å². The van der Waals surface area contributed by atoms with Gasteiger partial charge in [-0.3, -0.25) is 4.79 Å². The molecule has 1 fully saturated rings. The summed E-state index contributed by atoms with van der Waals surface area (Å²) in [6, 6.07) is 0.0995. The molecule has 22 heavy (non-hydrogen) atoms. The number of hydrogen-bond acceptors (Lipinski definition) is 5. The van der Waals surface area contributed by atoms with Gasteiger partial charge in [0.2, 0.25) is 15.9 Å². The van der Waals surface area contributed by atoms with Crippen LogP contribution < -0.4 is 0 Å². The van der Waals surface area contributed by atoms with Crippen LogP contribution in [0.3, 0.4) is 0 Å². The van der Waals surface area contributed by atoms with E-state index in [2.05, 4.69) is 10.1 Å². The first-order valence-corrected chi connectivity index (χ1v) is 9.12. The predicted octanol–water partition coefficient (Wildman–Crippen LogP) is -0.0502. The molecule has 9 heteroatoms. The Morgan fingerprint density at radius 3 is 2.64 bits per heavy atom. The number of carbonyl (C=O) groups is 1. The van der Waals surface area contributed by atoms with Crippen LogP contribution in [-0.2, 0) is 14.8 Å². The maximum Gasteiger partial charge on any atom is 0.237 e. The van der Waals surface area contributed by atoms with Crippen LogP contribution in [0.1, 0.15) is 30.5 Å². The van der Waals surface area contributed by atoms with Crippen molar-refractivity contribution in [3.8, 4) is 0 Å². The molecule has 0 N–H and O–H groups in total. The third-order valence-corrected chi connectivity index (χ3v) is 5.19. The van der Waals surface area contributed by atoms with Crippen LogP contribution in [0, 0.1) is 13.8 Å². The van der Waals surface area contributed by atoms with E-state index in [9.17, 15) is 13.2 Å². The summed E-state index contributed by atoms with van der Waals surface area (Å²) in [5, 5.41) is 4.39. The summed E-state index contributed by atoms with van der Waals surface area (Å²) in [6.45, 7) is 4.81. The normalized spacial score (nSPS) is 19.7. The molecule has 8 nitrogen and oxygen atoms in total. The second-order valence-electron chi connectivity index (χ2n) is 5.81. The first-order valence-electron chi connectivity index (χ1n) is 7.27. The van der Waals surface area contributed by atoms with Crippen molar-refractivity contribution in [2.45, 2.75) is 32.7 Å². The zero-order valence-corrected chi connectivity index (χ0v) is 14.3. The fraction of sp³-hybridized carbons (Fsp3) is 0.769. The van der Waals surface area contributed by atoms with Gasteiger partial charge in [0.15, 0.2) is 0 Å². The number of likely N-dealkylation sites (tertiary alicyclic amines) is 1. The summed E-state index contributed by atoms with van der Waals surface area (Å²) < 4.78 is 25.8. The average molecular weight is 329 g/mol. The van der Waals surface area contributed by atoms with Gasteiger partial charge in [-0.1, -0.05) is 0 Å². The first-order chi connectivity index (χ1) is 10.2. The standard InChI is InChI=1S/C13H23N5O3S/c1-10-14-11(2)18(15-10)12-6-5-7-17(8-12)13(19)9-16(3)22(4,20)21/h12H,5-9H2,1-4H3. The van der Waals surface area contributed by atoms with Gasteiger partial charge in [0, 0.05) is 20.1 Å². The molecule has 1 aromatic rings. The fourth-order valence-electron chi connectivity index (χ4n) is 2.67. The number of nitrogens with zero attached hydrogens (tertiary/aromatic N) is 5. The highest BCUT2D eigenvalue weighted by Crippen LogP contribution is 2.22. The van der Waals surface area contributed by atoms with E-state index in [1.807, 2.05) is 18.5 Å². The van der Waals surface area contributed by atoms with Crippen LogP contribution in [0.2, 0.25) is 0 Å². The molecule has 1 saturated heterocycles. The van der Waals surface area contributed by atoms with E-state index in [-0.39, 0.29) is 18.5 Å². The Morgan fingerprint density at radius 1 is 1.41 bits per heavy atom. The summed E-state index contributed by atoms with van der Waals surface area (Å²) in [7, 11) is -1.93. The molecule has 1 aliphatic heterocycles. The van der Waals surface area contributed by atoms with E-state index < -0.39 is 10.0 Å². The van der Waals surface area contributed by atoms with E-state index >= 15 is 0 Å². The van der Waals surface area contributed by atoms with E-state index in [0.717, 1.165) is 35.1 Å². The SMILES string of the molecule is Cc1nc(C)n(C2CCCN(C(=O)CN(C)S(C)(=O)=O)C2)n1. The van der Waals surface area contributed by atoms with Gasteiger partial charge >= 0.3 is 0 Å². The quantitative estimate of drug-likeness (QED) is 0.773. The first kappa shape index (κ1) is 16.9. The molecule has 1 amide bonds. The molecule has 2 rings (SSSR count). The molecule has 1 aromatic heterocycles. The van der Waals surface area contributed by atoms with Crippen LogP contribution in [-0.4, -0.2) is 71.2 Å². The highest BCUT2D eigenvalue weighted by atomic mass is 32.2. The molecule has 1 unspecified atom stereocenters. The minimum atomic E-state index is -3.35. The van der Waals surface area contributed by atoms with Crippen molar-refractivity contribution in [1.29, 1.82) is 0 Å². The highest BCUT2D eigenvalue weighted by molar-refractivity contribution is 7.88. The Balaban J connectivity index is 2.04. The second kappa shape index (κ2) is 6.33. The minimum Gasteiger partial charge on any atom is -0.339 e. The van der Waals surface area contributed by atoms with E-state index in [4.69, 9.17) is 0 Å². The van der Waals surface area contributed by atoms with Gasteiger partial charge in [-0.05, 0) is 26.7 Å². The minimum absolute atomic E-state index is 0.0995. The van der Waals surface area contributed by atoms with Crippen molar-refractivity contribution in [3.63, 3.8) is 0 Å². The third-order valence-electron chi connectivity index (χ3n) is 3.93. The van der Waals surface area contributed by atoms with Crippen LogP contribution >= 0.6 is 0 Å². The van der Waals surface area contributed by atoms with Crippen LogP contribution in [0.25, 0.3) is 0 Å². The summed E-state index contributed by atoms with van der Waals surface area (Å²) in [5.41, 5.74) is 0. The van der Waals surface area contributed by atoms with E-state index in [0.29, 0.717) is 13.1 Å². The molecule has 1 atom stereocenters. The third kappa shape index (κ3) is 3.83. The zero-order valence-electron chi connectivity index (χ0n) is 13.5. The van der Waals surface area contributed by atoms with Crippen molar-refractivity contribution in [2.24, 2.45) is 0 Å². The molecule has 0 saturated carbocycles. The van der Waals surface area contributed by atoms with E-state index in [1.54, 1.807) is 4.90 Å². The van der Waals surface area contributed by atoms with E-state index in [1.165, 1.54) is 7.05 Å². The number of sulfonamides is 1. The van der Waals surface area contributed by atoms with Gasteiger partial charge in [0.05, 0.1) is 18.8 Å². The molecular weight excluding hydrogens is 306 g/mol. The lowest BCUT2D eigenvalue weighted by Gasteiger charge is -2.33. The molecule has 0 aliphatic carbocycles. The molecule has 0 bridgehead atoms. The number of aromatic nitrogens is 3. The number of aryl methyl sites for hydroxylation is 2. The lowest BCUT2D eigenvalue weighted by molar-refractivity contribution is -0.132. The number of hydrogen-bond donors (Lipinski definition) is 0. The van der Waals surface area contributed by atoms with Crippen molar-refractivity contribution in [2.75, 3.05) is 32.9 Å². The van der Waals surface area contributed by atoms with Gasteiger partial charge in [0.25, 0.3) is 0 Å². The lowest BCUT2D eigenvalue weighted by Crippen LogP contribution is -2.46. The zero-order chi connectivity index (χ0) is 16.5. The van der Waals surface area contributed by atoms with Gasteiger partial charge in [-0.2, -0.15) is 9.40 Å². The fourth-order valence-corrected chi connectivity index (χ4v) is 3.02. The Kier molecular flexibility index (Phi) is 4.86. The van der Waals surface area contributed by atoms with Crippen LogP contribution in [0.5, 0.6) is 0 Å².